The summed E-state index contributed by atoms with van der Waals surface area (Å²) in [5, 5.41) is 4.19. The molecule has 1 atom stereocenters. The van der Waals surface area contributed by atoms with E-state index in [1.165, 1.54) is 11.1 Å². The van der Waals surface area contributed by atoms with Crippen LogP contribution >= 0.6 is 22.9 Å². The molecule has 176 valence electrons. The number of nitrogens with zero attached hydrogens (tertiary/aromatic N) is 3. The number of aromatic nitrogens is 1. The number of anilines is 1. The van der Waals surface area contributed by atoms with Gasteiger partial charge in [0, 0.05) is 23.8 Å². The molecule has 1 saturated heterocycles. The second kappa shape index (κ2) is 10.1. The summed E-state index contributed by atoms with van der Waals surface area (Å²) in [7, 11) is 0. The highest BCUT2D eigenvalue weighted by Crippen LogP contribution is 2.28. The number of thiazole rings is 1. The maximum absolute atomic E-state index is 13.1. The van der Waals surface area contributed by atoms with Gasteiger partial charge in [0.05, 0.1) is 12.6 Å². The Labute approximate surface area is 205 Å². The molecule has 3 N–H and O–H groups in total. The third-order valence-corrected chi connectivity index (χ3v) is 6.37. The van der Waals surface area contributed by atoms with E-state index in [0.717, 1.165) is 16.9 Å². The summed E-state index contributed by atoms with van der Waals surface area (Å²) in [6, 6.07) is 13.9. The van der Waals surface area contributed by atoms with Crippen LogP contribution in [0.4, 0.5) is 10.5 Å². The van der Waals surface area contributed by atoms with E-state index in [1.807, 2.05) is 12.1 Å². The third kappa shape index (κ3) is 5.29. The molecule has 4 amide bonds. The Morgan fingerprint density at radius 2 is 1.91 bits per heavy atom. The lowest BCUT2D eigenvalue weighted by atomic mass is 10.1. The number of ether oxygens (including phenoxy) is 1. The molecule has 3 aromatic rings. The molecule has 11 heteroatoms. The molecule has 9 nitrogen and oxygen atoms in total. The second-order valence-electron chi connectivity index (χ2n) is 7.52. The molecule has 1 unspecified atom stereocenters. The lowest BCUT2D eigenvalue weighted by Crippen LogP contribution is -2.58. The molecule has 1 aliphatic heterocycles. The molecule has 2 heterocycles. The highest BCUT2D eigenvalue weighted by atomic mass is 35.5. The number of nitrogens with two attached hydrogens (primary N) is 1. The number of nitrogens with one attached hydrogen (secondary N) is 1. The number of halogens is 1. The number of carbonyl (C=O) groups is 3. The van der Waals surface area contributed by atoms with Crippen LogP contribution in [0.3, 0.4) is 0 Å². The predicted molar refractivity (Wildman–Crippen MR) is 129 cm³/mol. The van der Waals surface area contributed by atoms with Crippen LogP contribution in [0.25, 0.3) is 0 Å². The van der Waals surface area contributed by atoms with Gasteiger partial charge in [-0.15, -0.1) is 0 Å². The molecule has 0 aliphatic carbocycles. The van der Waals surface area contributed by atoms with Crippen molar-refractivity contribution in [2.45, 2.75) is 26.1 Å². The molecule has 0 bridgehead atoms. The number of urea groups is 1. The van der Waals surface area contributed by atoms with Crippen LogP contribution in [0.1, 0.15) is 28.6 Å². The molecule has 2 aromatic carbocycles. The third-order valence-electron chi connectivity index (χ3n) is 5.22. The van der Waals surface area contributed by atoms with Crippen LogP contribution in [0.2, 0.25) is 5.02 Å². The Morgan fingerprint density at radius 3 is 2.53 bits per heavy atom. The Hall–Kier alpha value is -3.63. The monoisotopic (exact) mass is 499 g/mol. The standard InChI is InChI=1S/C23H22ClN5O4S/c1-2-28-20(30)11-19(29(23(28)32)13-14-3-5-15(24)6-4-14)27-16-7-9-17(10-8-16)33-22-26-12-18(34-22)21(25)31/h3-10,12,19,27H,2,11,13H2,1H3,(H2,25,31). The van der Waals surface area contributed by atoms with Gasteiger partial charge in [-0.25, -0.2) is 9.78 Å². The van der Waals surface area contributed by atoms with Crippen LogP contribution in [0, 0.1) is 0 Å². The number of imide groups is 1. The van der Waals surface area contributed by atoms with Gasteiger partial charge in [-0.1, -0.05) is 35.1 Å². The van der Waals surface area contributed by atoms with E-state index in [4.69, 9.17) is 22.1 Å². The summed E-state index contributed by atoms with van der Waals surface area (Å²) in [5.74, 6) is -0.276. The van der Waals surface area contributed by atoms with Crippen molar-refractivity contribution in [3.63, 3.8) is 0 Å². The molecule has 1 aromatic heterocycles. The van der Waals surface area contributed by atoms with Gasteiger partial charge in [0.25, 0.3) is 11.1 Å². The number of amides is 4. The summed E-state index contributed by atoms with van der Waals surface area (Å²) in [5.41, 5.74) is 6.85. The van der Waals surface area contributed by atoms with Crippen molar-refractivity contribution < 1.29 is 19.1 Å². The average molecular weight is 500 g/mol. The fourth-order valence-corrected chi connectivity index (χ4v) is 4.28. The van der Waals surface area contributed by atoms with E-state index in [0.29, 0.717) is 39.6 Å². The number of benzene rings is 2. The topological polar surface area (TPSA) is 118 Å². The van der Waals surface area contributed by atoms with Gasteiger partial charge in [-0.05, 0) is 48.9 Å². The predicted octanol–water partition coefficient (Wildman–Crippen LogP) is 4.30. The summed E-state index contributed by atoms with van der Waals surface area (Å²) in [6.45, 7) is 2.41. The first-order valence-corrected chi connectivity index (χ1v) is 11.7. The number of primary amides is 1. The van der Waals surface area contributed by atoms with Crippen molar-refractivity contribution in [3.05, 3.63) is 70.2 Å². The first-order valence-electron chi connectivity index (χ1n) is 10.5. The van der Waals surface area contributed by atoms with Crippen LogP contribution in [-0.4, -0.2) is 45.3 Å². The fourth-order valence-electron chi connectivity index (χ4n) is 3.52. The SMILES string of the molecule is CCN1C(=O)CC(Nc2ccc(Oc3ncc(C(N)=O)s3)cc2)N(Cc2ccc(Cl)cc2)C1=O. The van der Waals surface area contributed by atoms with Crippen LogP contribution < -0.4 is 15.8 Å². The zero-order valence-electron chi connectivity index (χ0n) is 18.2. The minimum Gasteiger partial charge on any atom is -0.431 e. The van der Waals surface area contributed by atoms with E-state index >= 15 is 0 Å². The van der Waals surface area contributed by atoms with E-state index < -0.39 is 12.1 Å². The van der Waals surface area contributed by atoms with Gasteiger partial charge in [-0.3, -0.25) is 19.4 Å². The number of hydrogen-bond donors (Lipinski definition) is 2. The first-order chi connectivity index (χ1) is 16.3. The Balaban J connectivity index is 1.48. The van der Waals surface area contributed by atoms with Crippen LogP contribution in [0.15, 0.2) is 54.7 Å². The number of rotatable bonds is 8. The first kappa shape index (κ1) is 23.5. The highest BCUT2D eigenvalue weighted by Gasteiger charge is 2.38. The Morgan fingerprint density at radius 1 is 1.21 bits per heavy atom. The van der Waals surface area contributed by atoms with Crippen LogP contribution in [-0.2, 0) is 11.3 Å². The normalized spacial score (nSPS) is 16.0. The second-order valence-corrected chi connectivity index (χ2v) is 8.95. The summed E-state index contributed by atoms with van der Waals surface area (Å²) >= 11 is 7.04. The molecule has 4 rings (SSSR count). The molecule has 1 aliphatic rings. The van der Waals surface area contributed by atoms with Gasteiger partial charge in [-0.2, -0.15) is 0 Å². The molecule has 1 fully saturated rings. The summed E-state index contributed by atoms with van der Waals surface area (Å²) in [6.07, 6.45) is 0.979. The Kier molecular flexibility index (Phi) is 6.99. The molecular weight excluding hydrogens is 478 g/mol. The van der Waals surface area contributed by atoms with Gasteiger partial charge < -0.3 is 15.8 Å². The van der Waals surface area contributed by atoms with Crippen molar-refractivity contribution in [2.75, 3.05) is 11.9 Å². The van der Waals surface area contributed by atoms with Crippen molar-refractivity contribution in [1.82, 2.24) is 14.8 Å². The van der Waals surface area contributed by atoms with E-state index in [2.05, 4.69) is 10.3 Å². The van der Waals surface area contributed by atoms with E-state index in [1.54, 1.807) is 48.2 Å². The van der Waals surface area contributed by atoms with Crippen molar-refractivity contribution >= 4 is 46.5 Å². The lowest BCUT2D eigenvalue weighted by Gasteiger charge is -2.40. The maximum atomic E-state index is 13.1. The molecule has 0 radical (unpaired) electrons. The zero-order valence-corrected chi connectivity index (χ0v) is 19.8. The largest absolute Gasteiger partial charge is 0.431 e. The van der Waals surface area contributed by atoms with Gasteiger partial charge in [0.1, 0.15) is 16.8 Å². The van der Waals surface area contributed by atoms with Gasteiger partial charge in [0.2, 0.25) is 5.91 Å². The minimum atomic E-state index is -0.562. The van der Waals surface area contributed by atoms with Gasteiger partial charge in [0.15, 0.2) is 0 Å². The minimum absolute atomic E-state index is 0.139. The van der Waals surface area contributed by atoms with Crippen molar-refractivity contribution in [1.29, 1.82) is 0 Å². The van der Waals surface area contributed by atoms with E-state index in [9.17, 15) is 14.4 Å². The molecular formula is C23H22ClN5O4S. The molecule has 34 heavy (non-hydrogen) atoms. The fraction of sp³-hybridized carbons (Fsp3) is 0.217. The molecule has 0 spiro atoms. The van der Waals surface area contributed by atoms with Crippen LogP contribution in [0.5, 0.6) is 10.9 Å². The number of carbonyl (C=O) groups excluding carboxylic acids is 3. The smallest absolute Gasteiger partial charge is 0.328 e. The Bertz CT molecular complexity index is 1200. The quantitative estimate of drug-likeness (QED) is 0.477. The zero-order chi connectivity index (χ0) is 24.2. The van der Waals surface area contributed by atoms with Gasteiger partial charge >= 0.3 is 6.03 Å². The molecule has 0 saturated carbocycles. The summed E-state index contributed by atoms with van der Waals surface area (Å²) < 4.78 is 5.66. The number of hydrogen-bond acceptors (Lipinski definition) is 7. The lowest BCUT2D eigenvalue weighted by molar-refractivity contribution is -0.132. The maximum Gasteiger partial charge on any atom is 0.328 e. The highest BCUT2D eigenvalue weighted by molar-refractivity contribution is 7.15. The van der Waals surface area contributed by atoms with Crippen molar-refractivity contribution in [2.24, 2.45) is 5.73 Å². The van der Waals surface area contributed by atoms with E-state index in [-0.39, 0.29) is 18.4 Å². The average Bonchev–Trinajstić information content (AvgIpc) is 3.28. The summed E-state index contributed by atoms with van der Waals surface area (Å²) in [4.78, 5) is 44.0. The van der Waals surface area contributed by atoms with Crippen molar-refractivity contribution in [3.8, 4) is 10.9 Å².